The molecule has 112 valence electrons. The number of nitrogens with zero attached hydrogens (tertiary/aromatic N) is 2. The molecule has 0 radical (unpaired) electrons. The third-order valence-corrected chi connectivity index (χ3v) is 3.35. The molecule has 1 aliphatic rings. The number of aliphatic hydroxyl groups is 1. The summed E-state index contributed by atoms with van der Waals surface area (Å²) in [5.74, 6) is 0.789. The van der Waals surface area contributed by atoms with E-state index in [1.165, 1.54) is 0 Å². The monoisotopic (exact) mass is 280 g/mol. The average molecular weight is 280 g/mol. The van der Waals surface area contributed by atoms with E-state index in [-0.39, 0.29) is 0 Å². The van der Waals surface area contributed by atoms with E-state index in [1.54, 1.807) is 0 Å². The zero-order valence-electron chi connectivity index (χ0n) is 12.3. The summed E-state index contributed by atoms with van der Waals surface area (Å²) < 4.78 is 11.0. The normalized spacial score (nSPS) is 17.8. The Bertz CT molecular complexity index is 406. The smallest absolute Gasteiger partial charge is 0.121 e. The fourth-order valence-corrected chi connectivity index (χ4v) is 2.18. The molecule has 1 aliphatic heterocycles. The van der Waals surface area contributed by atoms with Crippen LogP contribution in [-0.2, 0) is 4.74 Å². The Morgan fingerprint density at radius 2 is 2.10 bits per heavy atom. The van der Waals surface area contributed by atoms with Gasteiger partial charge in [-0.15, -0.1) is 0 Å². The van der Waals surface area contributed by atoms with Crippen LogP contribution in [0.15, 0.2) is 24.3 Å². The summed E-state index contributed by atoms with van der Waals surface area (Å²) >= 11 is 0. The molecule has 5 nitrogen and oxygen atoms in total. The van der Waals surface area contributed by atoms with Crippen LogP contribution in [0.3, 0.4) is 0 Å². The molecule has 0 amide bonds. The van der Waals surface area contributed by atoms with E-state index in [2.05, 4.69) is 4.90 Å². The fourth-order valence-electron chi connectivity index (χ4n) is 2.18. The van der Waals surface area contributed by atoms with Gasteiger partial charge < -0.3 is 19.5 Å². The molecule has 1 heterocycles. The van der Waals surface area contributed by atoms with E-state index >= 15 is 0 Å². The second-order valence-corrected chi connectivity index (χ2v) is 5.27. The molecular weight excluding hydrogens is 256 g/mol. The Morgan fingerprint density at radius 1 is 1.35 bits per heavy atom. The highest BCUT2D eigenvalue weighted by Crippen LogP contribution is 2.19. The van der Waals surface area contributed by atoms with Gasteiger partial charge in [-0.25, -0.2) is 0 Å². The summed E-state index contributed by atoms with van der Waals surface area (Å²) in [5.41, 5.74) is 1.09. The van der Waals surface area contributed by atoms with Gasteiger partial charge in [0.05, 0.1) is 13.2 Å². The zero-order valence-corrected chi connectivity index (χ0v) is 12.3. The van der Waals surface area contributed by atoms with Gasteiger partial charge in [-0.1, -0.05) is 6.07 Å². The van der Waals surface area contributed by atoms with Gasteiger partial charge in [0.1, 0.15) is 18.5 Å². The lowest BCUT2D eigenvalue weighted by atomic mass is 10.3. The van der Waals surface area contributed by atoms with Crippen molar-refractivity contribution < 1.29 is 14.6 Å². The SMILES string of the molecule is CN(C)c1cccc(OCC(O)CN2CCOCC2)c1. The van der Waals surface area contributed by atoms with Gasteiger partial charge in [-0.3, -0.25) is 4.90 Å². The van der Waals surface area contributed by atoms with E-state index in [1.807, 2.05) is 43.3 Å². The van der Waals surface area contributed by atoms with Crippen LogP contribution in [0.4, 0.5) is 5.69 Å². The lowest BCUT2D eigenvalue weighted by Crippen LogP contribution is -2.42. The van der Waals surface area contributed by atoms with Gasteiger partial charge in [0.25, 0.3) is 0 Å². The van der Waals surface area contributed by atoms with Crippen LogP contribution < -0.4 is 9.64 Å². The Labute approximate surface area is 120 Å². The summed E-state index contributed by atoms with van der Waals surface area (Å²) in [4.78, 5) is 4.23. The highest BCUT2D eigenvalue weighted by molar-refractivity contribution is 5.49. The molecule has 0 bridgehead atoms. The minimum Gasteiger partial charge on any atom is -0.491 e. The van der Waals surface area contributed by atoms with Gasteiger partial charge in [-0.05, 0) is 12.1 Å². The number of hydrogen-bond acceptors (Lipinski definition) is 5. The van der Waals surface area contributed by atoms with Crippen molar-refractivity contribution in [3.63, 3.8) is 0 Å². The number of rotatable bonds is 6. The zero-order chi connectivity index (χ0) is 14.4. The van der Waals surface area contributed by atoms with E-state index in [0.717, 1.165) is 37.7 Å². The third-order valence-electron chi connectivity index (χ3n) is 3.35. The van der Waals surface area contributed by atoms with Gasteiger partial charge >= 0.3 is 0 Å². The highest BCUT2D eigenvalue weighted by atomic mass is 16.5. The first-order valence-electron chi connectivity index (χ1n) is 7.03. The van der Waals surface area contributed by atoms with Crippen LogP contribution in [0.5, 0.6) is 5.75 Å². The maximum absolute atomic E-state index is 10.0. The molecule has 20 heavy (non-hydrogen) atoms. The largest absolute Gasteiger partial charge is 0.491 e. The molecule has 1 unspecified atom stereocenters. The Balaban J connectivity index is 1.77. The van der Waals surface area contributed by atoms with Crippen molar-refractivity contribution in [2.45, 2.75) is 6.10 Å². The van der Waals surface area contributed by atoms with Crippen LogP contribution in [0.25, 0.3) is 0 Å². The number of ether oxygens (including phenoxy) is 2. The molecule has 0 spiro atoms. The summed E-state index contributed by atoms with van der Waals surface area (Å²) in [7, 11) is 3.98. The van der Waals surface area contributed by atoms with Crippen molar-refractivity contribution >= 4 is 5.69 Å². The van der Waals surface area contributed by atoms with Gasteiger partial charge in [0, 0.05) is 45.5 Å². The van der Waals surface area contributed by atoms with Crippen molar-refractivity contribution in [2.75, 3.05) is 58.5 Å². The Morgan fingerprint density at radius 3 is 2.80 bits per heavy atom. The molecule has 1 saturated heterocycles. The van der Waals surface area contributed by atoms with Crippen molar-refractivity contribution in [3.8, 4) is 5.75 Å². The minimum atomic E-state index is -0.476. The molecular formula is C15H24N2O3. The number of β-amino-alcohol motifs (C(OH)–C–C–N with tert-alkyl or cyclic N) is 1. The number of anilines is 1. The maximum atomic E-state index is 10.0. The predicted molar refractivity (Wildman–Crippen MR) is 79.5 cm³/mol. The Hall–Kier alpha value is -1.30. The topological polar surface area (TPSA) is 45.2 Å². The first-order chi connectivity index (χ1) is 9.65. The molecule has 1 aromatic carbocycles. The number of hydrogen-bond donors (Lipinski definition) is 1. The van der Waals surface area contributed by atoms with E-state index < -0.39 is 6.10 Å². The first kappa shape index (κ1) is 15.1. The van der Waals surface area contributed by atoms with Gasteiger partial charge in [0.2, 0.25) is 0 Å². The quantitative estimate of drug-likeness (QED) is 0.836. The molecule has 0 saturated carbocycles. The molecule has 2 rings (SSSR count). The molecule has 5 heteroatoms. The third kappa shape index (κ3) is 4.67. The molecule has 1 fully saturated rings. The van der Waals surface area contributed by atoms with Crippen molar-refractivity contribution in [1.82, 2.24) is 4.90 Å². The van der Waals surface area contributed by atoms with Crippen LogP contribution in [0.2, 0.25) is 0 Å². The fraction of sp³-hybridized carbons (Fsp3) is 0.600. The van der Waals surface area contributed by atoms with Crippen molar-refractivity contribution in [3.05, 3.63) is 24.3 Å². The lowest BCUT2D eigenvalue weighted by molar-refractivity contribution is 0.00466. The minimum absolute atomic E-state index is 0.314. The average Bonchev–Trinajstić information content (AvgIpc) is 2.46. The highest BCUT2D eigenvalue weighted by Gasteiger charge is 2.15. The molecule has 0 aliphatic carbocycles. The Kier molecular flexibility index (Phi) is 5.64. The molecule has 0 aromatic heterocycles. The summed E-state index contributed by atoms with van der Waals surface area (Å²) in [6, 6.07) is 7.87. The van der Waals surface area contributed by atoms with Gasteiger partial charge in [0.15, 0.2) is 0 Å². The summed E-state index contributed by atoms with van der Waals surface area (Å²) in [5, 5.41) is 10.0. The molecule has 1 N–H and O–H groups in total. The maximum Gasteiger partial charge on any atom is 0.121 e. The number of aliphatic hydroxyl groups excluding tert-OH is 1. The number of morpholine rings is 1. The van der Waals surface area contributed by atoms with E-state index in [9.17, 15) is 5.11 Å². The lowest BCUT2D eigenvalue weighted by Gasteiger charge is -2.28. The van der Waals surface area contributed by atoms with Gasteiger partial charge in [-0.2, -0.15) is 0 Å². The molecule has 1 atom stereocenters. The standard InChI is InChI=1S/C15H24N2O3/c1-16(2)13-4-3-5-15(10-13)20-12-14(18)11-17-6-8-19-9-7-17/h3-5,10,14,18H,6-9,11-12H2,1-2H3. The van der Waals surface area contributed by atoms with Crippen LogP contribution in [-0.4, -0.2) is 69.7 Å². The summed E-state index contributed by atoms with van der Waals surface area (Å²) in [6.45, 7) is 4.21. The second kappa shape index (κ2) is 7.47. The number of benzene rings is 1. The van der Waals surface area contributed by atoms with Crippen LogP contribution in [0.1, 0.15) is 0 Å². The second-order valence-electron chi connectivity index (χ2n) is 5.27. The van der Waals surface area contributed by atoms with Crippen molar-refractivity contribution in [1.29, 1.82) is 0 Å². The van der Waals surface area contributed by atoms with E-state index in [4.69, 9.17) is 9.47 Å². The van der Waals surface area contributed by atoms with E-state index in [0.29, 0.717) is 13.2 Å². The van der Waals surface area contributed by atoms with Crippen molar-refractivity contribution in [2.24, 2.45) is 0 Å². The predicted octanol–water partition coefficient (Wildman–Crippen LogP) is 0.824. The summed E-state index contributed by atoms with van der Waals surface area (Å²) in [6.07, 6.45) is -0.476. The first-order valence-corrected chi connectivity index (χ1v) is 7.03. The van der Waals surface area contributed by atoms with Crippen LogP contribution in [0, 0.1) is 0 Å². The molecule has 1 aromatic rings. The van der Waals surface area contributed by atoms with Crippen LogP contribution >= 0.6 is 0 Å².